The van der Waals surface area contributed by atoms with E-state index in [0.29, 0.717) is 0 Å². The number of para-hydroxylation sites is 1. The fourth-order valence-electron chi connectivity index (χ4n) is 5.63. The summed E-state index contributed by atoms with van der Waals surface area (Å²) in [6.45, 7) is 0.834. The van der Waals surface area contributed by atoms with Crippen LogP contribution in [0.25, 0.3) is 10.9 Å². The van der Waals surface area contributed by atoms with Crippen LogP contribution in [0.3, 0.4) is 0 Å². The maximum absolute atomic E-state index is 10.3. The number of nitrogens with one attached hydrogen (secondary N) is 2. The maximum Gasteiger partial charge on any atom is 0.336 e. The molecule has 1 aliphatic heterocycles. The van der Waals surface area contributed by atoms with Gasteiger partial charge in [0.25, 0.3) is 0 Å². The maximum atomic E-state index is 10.3. The summed E-state index contributed by atoms with van der Waals surface area (Å²) in [5.74, 6) is -5.02. The molecular formula is C27H32N2O8S. The van der Waals surface area contributed by atoms with Gasteiger partial charge in [0.2, 0.25) is 0 Å². The second-order valence-electron chi connectivity index (χ2n) is 9.90. The number of fused-ring (bicyclic) bond motifs is 4. The third-order valence-electron chi connectivity index (χ3n) is 7.67. The third kappa shape index (κ3) is 5.32. The number of hydrogen-bond acceptors (Lipinski definition) is 7. The number of aromatic amines is 1. The highest BCUT2D eigenvalue weighted by Gasteiger charge is 2.48. The number of carbonyl (C=O) groups is 3. The zero-order valence-electron chi connectivity index (χ0n) is 21.0. The van der Waals surface area contributed by atoms with Crippen LogP contribution < -0.4 is 5.32 Å². The molecule has 2 aliphatic rings. The number of ether oxygens (including phenoxy) is 1. The first-order valence-corrected chi connectivity index (χ1v) is 13.3. The minimum atomic E-state index is -2.74. The van der Waals surface area contributed by atoms with Gasteiger partial charge in [0.15, 0.2) is 5.60 Å². The molecule has 0 unspecified atom stereocenters. The fourth-order valence-corrected chi connectivity index (χ4v) is 6.62. The standard InChI is InChI=1S/C21H24N2OS.C6H8O7/c1-22-20(18-7-4-14-25-18)9-11-21(12-10-20)19-16(8-13-24-21)15-5-2-3-6-17(15)23-19;7-3(8)1-6(13,5(11)12)2-4(9)10/h2-7,14,22-23H,8-13H2,1H3;13H,1-2H2,(H,7,8)(H,9,10)(H,11,12). The average molecular weight is 545 g/mol. The average Bonchev–Trinajstić information content (AvgIpc) is 3.54. The van der Waals surface area contributed by atoms with Gasteiger partial charge in [-0.25, -0.2) is 4.79 Å². The van der Waals surface area contributed by atoms with Crippen molar-refractivity contribution in [2.75, 3.05) is 13.7 Å². The molecule has 1 saturated carbocycles. The Hall–Kier alpha value is -3.25. The van der Waals surface area contributed by atoms with Crippen molar-refractivity contribution in [2.24, 2.45) is 0 Å². The van der Waals surface area contributed by atoms with Crippen LogP contribution in [0.4, 0.5) is 0 Å². The summed E-state index contributed by atoms with van der Waals surface area (Å²) in [5.41, 5.74) is 1.31. The van der Waals surface area contributed by atoms with Gasteiger partial charge in [0.05, 0.1) is 30.7 Å². The van der Waals surface area contributed by atoms with Gasteiger partial charge in [-0.3, -0.25) is 9.59 Å². The van der Waals surface area contributed by atoms with Crippen LogP contribution in [0.15, 0.2) is 41.8 Å². The van der Waals surface area contributed by atoms with Gasteiger partial charge in [-0.05, 0) is 62.2 Å². The van der Waals surface area contributed by atoms with Crippen LogP contribution in [0.2, 0.25) is 0 Å². The van der Waals surface area contributed by atoms with Crippen molar-refractivity contribution < 1.29 is 39.5 Å². The van der Waals surface area contributed by atoms with E-state index < -0.39 is 36.4 Å². The van der Waals surface area contributed by atoms with E-state index in [1.165, 1.54) is 27.0 Å². The van der Waals surface area contributed by atoms with Gasteiger partial charge in [-0.1, -0.05) is 24.3 Å². The Morgan fingerprint density at radius 2 is 1.68 bits per heavy atom. The quantitative estimate of drug-likeness (QED) is 0.261. The van der Waals surface area contributed by atoms with Crippen molar-refractivity contribution in [3.63, 3.8) is 0 Å². The predicted molar refractivity (Wildman–Crippen MR) is 140 cm³/mol. The van der Waals surface area contributed by atoms with Crippen LogP contribution in [-0.4, -0.2) is 62.6 Å². The molecule has 0 atom stereocenters. The van der Waals surface area contributed by atoms with Gasteiger partial charge >= 0.3 is 17.9 Å². The lowest BCUT2D eigenvalue weighted by molar-refractivity contribution is -0.170. The van der Waals surface area contributed by atoms with Crippen molar-refractivity contribution in [3.05, 3.63) is 57.9 Å². The van der Waals surface area contributed by atoms with Crippen LogP contribution in [-0.2, 0) is 36.7 Å². The lowest BCUT2D eigenvalue weighted by Crippen LogP contribution is -2.49. The Morgan fingerprint density at radius 1 is 1.03 bits per heavy atom. The summed E-state index contributed by atoms with van der Waals surface area (Å²) >= 11 is 1.87. The minimum Gasteiger partial charge on any atom is -0.481 e. The highest BCUT2D eigenvalue weighted by Crippen LogP contribution is 2.51. The van der Waals surface area contributed by atoms with Gasteiger partial charge in [0.1, 0.15) is 5.60 Å². The molecule has 2 aromatic heterocycles. The number of aliphatic hydroxyl groups is 1. The SMILES string of the molecule is CNC1(c2cccs2)CCC2(CC1)OCCc1c2[nH]c2ccccc12.O=C(O)CC(O)(CC(=O)O)C(=O)O. The fraction of sp³-hybridized carbons (Fsp3) is 0.444. The lowest BCUT2D eigenvalue weighted by atomic mass is 9.70. The van der Waals surface area contributed by atoms with Crippen molar-refractivity contribution in [1.82, 2.24) is 10.3 Å². The zero-order chi connectivity index (χ0) is 27.6. The molecule has 0 amide bonds. The molecule has 5 rings (SSSR count). The minimum absolute atomic E-state index is 0.104. The van der Waals surface area contributed by atoms with Crippen molar-refractivity contribution in [1.29, 1.82) is 0 Å². The Labute approximate surface area is 223 Å². The number of rotatable bonds is 7. The topological polar surface area (TPSA) is 169 Å². The Balaban J connectivity index is 0.000000222. The number of aromatic nitrogens is 1. The third-order valence-corrected chi connectivity index (χ3v) is 8.74. The first-order chi connectivity index (χ1) is 18.0. The van der Waals surface area contributed by atoms with E-state index in [-0.39, 0.29) is 11.1 Å². The Morgan fingerprint density at radius 3 is 2.24 bits per heavy atom. The summed E-state index contributed by atoms with van der Waals surface area (Å²) in [6, 6.07) is 13.1. The first-order valence-electron chi connectivity index (χ1n) is 12.4. The Bertz CT molecular complexity index is 1290. The molecule has 0 radical (unpaired) electrons. The number of carboxylic acids is 3. The van der Waals surface area contributed by atoms with E-state index in [9.17, 15) is 14.4 Å². The van der Waals surface area contributed by atoms with Gasteiger partial charge in [-0.2, -0.15) is 0 Å². The van der Waals surface area contributed by atoms with Crippen molar-refractivity contribution >= 4 is 40.1 Å². The van der Waals surface area contributed by atoms with Crippen LogP contribution in [0, 0.1) is 0 Å². The second-order valence-corrected chi connectivity index (χ2v) is 10.9. The molecule has 0 bridgehead atoms. The van der Waals surface area contributed by atoms with E-state index in [4.69, 9.17) is 25.2 Å². The van der Waals surface area contributed by atoms with Crippen LogP contribution in [0.5, 0.6) is 0 Å². The molecule has 38 heavy (non-hydrogen) atoms. The highest BCUT2D eigenvalue weighted by molar-refractivity contribution is 7.10. The molecule has 204 valence electrons. The zero-order valence-corrected chi connectivity index (χ0v) is 21.8. The van der Waals surface area contributed by atoms with Crippen molar-refractivity contribution in [3.8, 4) is 0 Å². The summed E-state index contributed by atoms with van der Waals surface area (Å²) < 4.78 is 6.46. The number of thiophene rings is 1. The monoisotopic (exact) mass is 544 g/mol. The highest BCUT2D eigenvalue weighted by atomic mass is 32.1. The number of carboxylic acid groups (broad SMARTS) is 3. The number of hydrogen-bond donors (Lipinski definition) is 6. The van der Waals surface area contributed by atoms with Gasteiger partial charge < -0.3 is 35.5 Å². The summed E-state index contributed by atoms with van der Waals surface area (Å²) in [6.07, 6.45) is 3.07. The number of benzene rings is 1. The molecule has 0 saturated heterocycles. The molecule has 3 aromatic rings. The summed E-state index contributed by atoms with van der Waals surface area (Å²) in [5, 5.41) is 41.0. The molecule has 11 heteroatoms. The molecule has 1 aliphatic carbocycles. The molecule has 6 N–H and O–H groups in total. The molecule has 1 aromatic carbocycles. The normalized spacial score (nSPS) is 22.9. The summed E-state index contributed by atoms with van der Waals surface area (Å²) in [4.78, 5) is 35.7. The predicted octanol–water partition coefficient (Wildman–Crippen LogP) is 3.44. The van der Waals surface area contributed by atoms with Gasteiger partial charge in [0, 0.05) is 15.8 Å². The smallest absolute Gasteiger partial charge is 0.336 e. The van der Waals surface area contributed by atoms with E-state index in [1.807, 2.05) is 11.3 Å². The summed E-state index contributed by atoms with van der Waals surface area (Å²) in [7, 11) is 2.10. The molecule has 3 heterocycles. The largest absolute Gasteiger partial charge is 0.481 e. The molecule has 1 fully saturated rings. The molecule has 1 spiro atoms. The number of aliphatic carboxylic acids is 3. The Kier molecular flexibility index (Phi) is 7.93. The van der Waals surface area contributed by atoms with Gasteiger partial charge in [-0.15, -0.1) is 11.3 Å². The van der Waals surface area contributed by atoms with E-state index in [2.05, 4.69) is 59.1 Å². The van der Waals surface area contributed by atoms with E-state index in [1.54, 1.807) is 0 Å². The molecule has 10 nitrogen and oxygen atoms in total. The van der Waals surface area contributed by atoms with E-state index >= 15 is 0 Å². The number of H-pyrrole nitrogens is 1. The second kappa shape index (κ2) is 10.9. The van der Waals surface area contributed by atoms with Crippen LogP contribution in [0.1, 0.15) is 54.7 Å². The first kappa shape index (κ1) is 27.8. The lowest BCUT2D eigenvalue weighted by Gasteiger charge is -2.47. The molecular weight excluding hydrogens is 512 g/mol. The van der Waals surface area contributed by atoms with E-state index in [0.717, 1.165) is 38.7 Å². The van der Waals surface area contributed by atoms with Crippen molar-refractivity contribution in [2.45, 2.75) is 61.7 Å². The van der Waals surface area contributed by atoms with Crippen LogP contribution >= 0.6 is 11.3 Å².